The number of aryl methyl sites for hydroxylation is 1. The minimum atomic E-state index is -2.13. The Labute approximate surface area is 188 Å². The number of fused-ring (bicyclic) bond motifs is 2. The highest BCUT2D eigenvalue weighted by atomic mass is 16.8. The first kappa shape index (κ1) is 24.0. The van der Waals surface area contributed by atoms with Crippen LogP contribution in [-0.4, -0.2) is 86.7 Å². The normalized spacial score (nSPS) is 46.3. The monoisotopic (exact) mass is 452 g/mol. The molecule has 1 saturated carbocycles. The summed E-state index contributed by atoms with van der Waals surface area (Å²) in [4.78, 5) is 4.02. The van der Waals surface area contributed by atoms with Gasteiger partial charge in [-0.1, -0.05) is 6.92 Å². The predicted molar refractivity (Wildman–Crippen MR) is 114 cm³/mol. The molecule has 3 aliphatic rings. The summed E-state index contributed by atoms with van der Waals surface area (Å²) in [6.45, 7) is 3.71. The lowest BCUT2D eigenvalue weighted by atomic mass is 9.73. The summed E-state index contributed by atoms with van der Waals surface area (Å²) < 4.78 is 18.1. The number of rotatable bonds is 6. The summed E-state index contributed by atoms with van der Waals surface area (Å²) in [5.74, 6) is -2.55. The van der Waals surface area contributed by atoms with E-state index in [1.165, 1.54) is 0 Å². The highest BCUT2D eigenvalue weighted by Crippen LogP contribution is 2.49. The van der Waals surface area contributed by atoms with Gasteiger partial charge < -0.3 is 40.0 Å². The Morgan fingerprint density at radius 1 is 1.12 bits per heavy atom. The molecule has 4 rings (SSSR count). The number of aliphatic hydroxyl groups excluding tert-OH is 2. The zero-order valence-electron chi connectivity index (χ0n) is 18.9. The van der Waals surface area contributed by atoms with Crippen LogP contribution in [0.25, 0.3) is 0 Å². The molecule has 32 heavy (non-hydrogen) atoms. The van der Waals surface area contributed by atoms with Crippen LogP contribution in [0.1, 0.15) is 45.1 Å². The van der Waals surface area contributed by atoms with Gasteiger partial charge in [0.05, 0.1) is 24.4 Å². The van der Waals surface area contributed by atoms with Crippen molar-refractivity contribution >= 4 is 0 Å². The zero-order valence-corrected chi connectivity index (χ0v) is 18.9. The molecule has 1 aliphatic carbocycles. The number of pyridine rings is 1. The Morgan fingerprint density at radius 2 is 1.84 bits per heavy atom. The topological polar surface area (TPSA) is 134 Å². The van der Waals surface area contributed by atoms with E-state index in [4.69, 9.17) is 14.2 Å². The summed E-state index contributed by atoms with van der Waals surface area (Å²) in [5, 5.41) is 48.1. The van der Waals surface area contributed by atoms with Crippen LogP contribution in [0.5, 0.6) is 0 Å². The third-order valence-electron chi connectivity index (χ3n) is 7.43. The van der Waals surface area contributed by atoms with Crippen molar-refractivity contribution in [2.75, 3.05) is 7.05 Å². The second-order valence-corrected chi connectivity index (χ2v) is 9.47. The van der Waals surface area contributed by atoms with Gasteiger partial charge in [0, 0.05) is 24.7 Å². The van der Waals surface area contributed by atoms with Gasteiger partial charge in [0.25, 0.3) is 0 Å². The molecule has 2 aliphatic heterocycles. The number of likely N-dealkylation sites (N-methyl/N-ethyl adjacent to an activating group) is 1. The maximum absolute atomic E-state index is 11.7. The Bertz CT molecular complexity index is 770. The number of nitrogens with zero attached hydrogens (tertiary/aromatic N) is 1. The number of aliphatic hydroxyl groups is 4. The standard InChI is InChI=1S/C23H36N2O7/c1-4-15-17(26)16(24-3)19-20(18(15)27)31-21-23(29,32-19)22(28,12-13(2)30-21)9-5-6-14-7-10-25-11-8-14/h7-8,10-11,13,15-21,24,26-29H,4-6,9,12H2,1-3H3/t13-,15-,16+,17+,18+,19-,20-,21+,22+,23-/m1/s1. The molecule has 0 radical (unpaired) electrons. The van der Waals surface area contributed by atoms with Gasteiger partial charge in [-0.3, -0.25) is 4.98 Å². The number of hydrogen-bond acceptors (Lipinski definition) is 9. The molecule has 3 fully saturated rings. The van der Waals surface area contributed by atoms with Crippen LogP contribution in [0.15, 0.2) is 24.5 Å². The summed E-state index contributed by atoms with van der Waals surface area (Å²) in [6, 6.07) is 3.26. The molecule has 5 N–H and O–H groups in total. The first-order valence-corrected chi connectivity index (χ1v) is 11.6. The summed E-state index contributed by atoms with van der Waals surface area (Å²) in [5.41, 5.74) is -0.532. The van der Waals surface area contributed by atoms with Crippen molar-refractivity contribution in [1.82, 2.24) is 10.3 Å². The van der Waals surface area contributed by atoms with Gasteiger partial charge in [-0.15, -0.1) is 0 Å². The van der Waals surface area contributed by atoms with Crippen molar-refractivity contribution in [2.24, 2.45) is 5.92 Å². The third-order valence-corrected chi connectivity index (χ3v) is 7.43. The molecule has 9 heteroatoms. The average Bonchev–Trinajstić information content (AvgIpc) is 2.75. The van der Waals surface area contributed by atoms with Crippen molar-refractivity contribution in [3.63, 3.8) is 0 Å². The van der Waals surface area contributed by atoms with Crippen molar-refractivity contribution in [2.45, 2.75) is 100 Å². The van der Waals surface area contributed by atoms with Gasteiger partial charge in [0.15, 0.2) is 0 Å². The van der Waals surface area contributed by atoms with Crippen molar-refractivity contribution in [3.05, 3.63) is 30.1 Å². The molecule has 0 unspecified atom stereocenters. The van der Waals surface area contributed by atoms with E-state index in [9.17, 15) is 20.4 Å². The van der Waals surface area contributed by atoms with Gasteiger partial charge in [0.1, 0.15) is 17.8 Å². The van der Waals surface area contributed by atoms with E-state index < -0.39 is 54.1 Å². The van der Waals surface area contributed by atoms with E-state index in [0.29, 0.717) is 19.3 Å². The van der Waals surface area contributed by atoms with E-state index in [0.717, 1.165) is 5.56 Å². The average molecular weight is 453 g/mol. The minimum absolute atomic E-state index is 0.171. The lowest BCUT2D eigenvalue weighted by Crippen LogP contribution is -2.78. The molecule has 9 nitrogen and oxygen atoms in total. The fraction of sp³-hybridized carbons (Fsp3) is 0.783. The minimum Gasteiger partial charge on any atom is -0.391 e. The smallest absolute Gasteiger partial charge is 0.248 e. The fourth-order valence-corrected chi connectivity index (χ4v) is 5.67. The van der Waals surface area contributed by atoms with Gasteiger partial charge in [-0.05, 0) is 57.4 Å². The van der Waals surface area contributed by atoms with Crippen molar-refractivity contribution in [3.8, 4) is 0 Å². The first-order valence-electron chi connectivity index (χ1n) is 11.6. The van der Waals surface area contributed by atoms with E-state index in [2.05, 4.69) is 10.3 Å². The molecule has 0 spiro atoms. The van der Waals surface area contributed by atoms with Crippen LogP contribution in [0, 0.1) is 5.92 Å². The van der Waals surface area contributed by atoms with Gasteiger partial charge in [-0.25, -0.2) is 0 Å². The second kappa shape index (κ2) is 9.23. The molecular weight excluding hydrogens is 416 g/mol. The molecule has 180 valence electrons. The van der Waals surface area contributed by atoms with E-state index in [-0.39, 0.29) is 18.9 Å². The van der Waals surface area contributed by atoms with E-state index >= 15 is 0 Å². The Balaban J connectivity index is 1.57. The number of aromatic nitrogens is 1. The number of ether oxygens (including phenoxy) is 3. The van der Waals surface area contributed by atoms with Crippen LogP contribution < -0.4 is 5.32 Å². The molecule has 2 saturated heterocycles. The largest absolute Gasteiger partial charge is 0.391 e. The van der Waals surface area contributed by atoms with Crippen molar-refractivity contribution < 1.29 is 34.6 Å². The molecule has 0 bridgehead atoms. The lowest BCUT2D eigenvalue weighted by molar-refractivity contribution is -0.485. The first-order chi connectivity index (χ1) is 15.2. The SMILES string of the molecule is CC[C@@H]1[C@H](O)[C@H](NC)[C@H]2O[C@]3(O)[C@H](O[C@@H]2[C@H]1O)O[C@H](C)C[C@@]3(O)CCCc1ccncc1. The zero-order chi connectivity index (χ0) is 23.1. The summed E-state index contributed by atoms with van der Waals surface area (Å²) in [7, 11) is 1.69. The number of nitrogens with one attached hydrogen (secondary N) is 1. The number of hydrogen-bond donors (Lipinski definition) is 5. The molecule has 1 aromatic rings. The van der Waals surface area contributed by atoms with Gasteiger partial charge in [-0.2, -0.15) is 0 Å². The highest BCUT2D eigenvalue weighted by Gasteiger charge is 2.68. The lowest BCUT2D eigenvalue weighted by Gasteiger charge is -2.60. The van der Waals surface area contributed by atoms with E-state index in [1.54, 1.807) is 19.4 Å². The van der Waals surface area contributed by atoms with Crippen LogP contribution >= 0.6 is 0 Å². The fourth-order valence-electron chi connectivity index (χ4n) is 5.67. The Kier molecular flexibility index (Phi) is 6.91. The Hall–Kier alpha value is -1.17. The quantitative estimate of drug-likeness (QED) is 0.407. The van der Waals surface area contributed by atoms with Crippen LogP contribution in [-0.2, 0) is 20.6 Å². The molecule has 0 amide bonds. The Morgan fingerprint density at radius 3 is 2.50 bits per heavy atom. The second-order valence-electron chi connectivity index (χ2n) is 9.47. The summed E-state index contributed by atoms with van der Waals surface area (Å²) >= 11 is 0. The maximum atomic E-state index is 11.7. The van der Waals surface area contributed by atoms with Crippen molar-refractivity contribution in [1.29, 1.82) is 0 Å². The van der Waals surface area contributed by atoms with Crippen LogP contribution in [0.2, 0.25) is 0 Å². The molecule has 0 aromatic carbocycles. The molecule has 3 heterocycles. The van der Waals surface area contributed by atoms with E-state index in [1.807, 2.05) is 26.0 Å². The van der Waals surface area contributed by atoms with Gasteiger partial charge in [0.2, 0.25) is 12.1 Å². The van der Waals surface area contributed by atoms with Crippen LogP contribution in [0.3, 0.4) is 0 Å². The van der Waals surface area contributed by atoms with Crippen LogP contribution in [0.4, 0.5) is 0 Å². The molecule has 10 atom stereocenters. The van der Waals surface area contributed by atoms with Gasteiger partial charge >= 0.3 is 0 Å². The highest BCUT2D eigenvalue weighted by molar-refractivity contribution is 5.12. The predicted octanol–water partition coefficient (Wildman–Crippen LogP) is 0.0925. The molecular formula is C23H36N2O7. The third kappa shape index (κ3) is 3.99. The maximum Gasteiger partial charge on any atom is 0.248 e. The molecule has 1 aromatic heterocycles. The summed E-state index contributed by atoms with van der Waals surface area (Å²) in [6.07, 6.45) is 0.580.